The number of nitrogens with zero attached hydrogens (tertiary/aromatic N) is 4. The summed E-state index contributed by atoms with van der Waals surface area (Å²) in [6.07, 6.45) is 8.39. The van der Waals surface area contributed by atoms with Crippen LogP contribution in [0, 0.1) is 5.92 Å². The summed E-state index contributed by atoms with van der Waals surface area (Å²) in [4.78, 5) is 23.4. The van der Waals surface area contributed by atoms with Crippen molar-refractivity contribution < 1.29 is 4.79 Å². The number of nitrogens with two attached hydrogens (primary N) is 1. The van der Waals surface area contributed by atoms with E-state index in [0.29, 0.717) is 13.1 Å². The second-order valence-corrected chi connectivity index (χ2v) is 7.43. The number of amides is 1. The lowest BCUT2D eigenvalue weighted by Crippen LogP contribution is -2.33. The van der Waals surface area contributed by atoms with Crippen LogP contribution >= 0.6 is 11.3 Å². The van der Waals surface area contributed by atoms with Crippen molar-refractivity contribution in [3.8, 4) is 0 Å². The maximum absolute atomic E-state index is 12.8. The van der Waals surface area contributed by atoms with Crippen LogP contribution in [0.5, 0.6) is 0 Å². The number of aryl methyl sites for hydroxylation is 1. The highest BCUT2D eigenvalue weighted by molar-refractivity contribution is 7.22. The molecule has 1 aromatic carbocycles. The fourth-order valence-corrected chi connectivity index (χ4v) is 3.94. The zero-order valence-corrected chi connectivity index (χ0v) is 14.8. The molecule has 4 rings (SSSR count). The second kappa shape index (κ2) is 6.93. The molecule has 130 valence electrons. The third-order valence-electron chi connectivity index (χ3n) is 4.46. The van der Waals surface area contributed by atoms with Crippen molar-refractivity contribution in [2.45, 2.75) is 32.4 Å². The van der Waals surface area contributed by atoms with Crippen molar-refractivity contribution in [1.29, 1.82) is 0 Å². The Bertz CT molecular complexity index is 869. The summed E-state index contributed by atoms with van der Waals surface area (Å²) >= 11 is 1.58. The average Bonchev–Trinajstić information content (AvgIpc) is 3.19. The molecule has 0 radical (unpaired) electrons. The number of thiazole rings is 1. The van der Waals surface area contributed by atoms with E-state index in [2.05, 4.69) is 11.1 Å². The van der Waals surface area contributed by atoms with Gasteiger partial charge in [0.1, 0.15) is 0 Å². The zero-order valence-electron chi connectivity index (χ0n) is 14.0. The molecule has 1 amide bonds. The Labute approximate surface area is 150 Å². The number of imidazole rings is 1. The lowest BCUT2D eigenvalue weighted by molar-refractivity contribution is -0.119. The molecule has 0 unspecified atom stereocenters. The largest absolute Gasteiger partial charge is 0.337 e. The predicted molar refractivity (Wildman–Crippen MR) is 99.4 cm³/mol. The fourth-order valence-electron chi connectivity index (χ4n) is 2.88. The second-order valence-electron chi connectivity index (χ2n) is 6.42. The Morgan fingerprint density at radius 3 is 3.00 bits per heavy atom. The third-order valence-corrected chi connectivity index (χ3v) is 5.50. The van der Waals surface area contributed by atoms with Gasteiger partial charge in [0.2, 0.25) is 5.91 Å². The van der Waals surface area contributed by atoms with Gasteiger partial charge in [0, 0.05) is 37.9 Å². The van der Waals surface area contributed by atoms with E-state index in [9.17, 15) is 4.79 Å². The van der Waals surface area contributed by atoms with E-state index >= 15 is 0 Å². The summed E-state index contributed by atoms with van der Waals surface area (Å²) < 4.78 is 3.12. The standard InChI is InChI=1S/C18H21N5OS/c19-11-13-2-5-15-16(10-13)25-18(21-15)23(17(24)14-3-4-14)8-1-7-22-9-6-20-12-22/h2,5-6,9-10,12,14H,1,3-4,7-8,11,19H2. The van der Waals surface area contributed by atoms with Gasteiger partial charge in [-0.3, -0.25) is 9.69 Å². The molecular weight excluding hydrogens is 334 g/mol. The van der Waals surface area contributed by atoms with E-state index in [1.807, 2.05) is 27.8 Å². The van der Waals surface area contributed by atoms with Gasteiger partial charge in [-0.15, -0.1) is 0 Å². The number of aromatic nitrogens is 3. The van der Waals surface area contributed by atoms with Crippen molar-refractivity contribution in [2.24, 2.45) is 11.7 Å². The molecule has 0 spiro atoms. The van der Waals surface area contributed by atoms with Crippen molar-refractivity contribution in [2.75, 3.05) is 11.4 Å². The number of anilines is 1. The lowest BCUT2D eigenvalue weighted by atomic mass is 10.2. The van der Waals surface area contributed by atoms with Crippen LogP contribution in [0.15, 0.2) is 36.9 Å². The van der Waals surface area contributed by atoms with E-state index in [0.717, 1.165) is 46.7 Å². The van der Waals surface area contributed by atoms with Crippen LogP contribution < -0.4 is 10.6 Å². The molecule has 7 heteroatoms. The molecule has 0 saturated heterocycles. The van der Waals surface area contributed by atoms with Crippen LogP contribution in [-0.4, -0.2) is 27.0 Å². The molecule has 0 bridgehead atoms. The van der Waals surface area contributed by atoms with Gasteiger partial charge in [-0.1, -0.05) is 17.4 Å². The van der Waals surface area contributed by atoms with Gasteiger partial charge in [-0.05, 0) is 37.0 Å². The van der Waals surface area contributed by atoms with Crippen molar-refractivity contribution in [1.82, 2.24) is 14.5 Å². The van der Waals surface area contributed by atoms with Crippen LogP contribution in [-0.2, 0) is 17.9 Å². The predicted octanol–water partition coefficient (Wildman–Crippen LogP) is 2.78. The summed E-state index contributed by atoms with van der Waals surface area (Å²) in [5.74, 6) is 0.392. The Morgan fingerprint density at radius 1 is 1.40 bits per heavy atom. The highest BCUT2D eigenvalue weighted by Gasteiger charge is 2.35. The summed E-state index contributed by atoms with van der Waals surface area (Å²) in [6.45, 7) is 2.03. The monoisotopic (exact) mass is 355 g/mol. The average molecular weight is 355 g/mol. The molecule has 1 aliphatic rings. The van der Waals surface area contributed by atoms with Gasteiger partial charge < -0.3 is 10.3 Å². The van der Waals surface area contributed by atoms with Crippen LogP contribution in [0.25, 0.3) is 10.2 Å². The summed E-state index contributed by atoms with van der Waals surface area (Å²) in [5, 5.41) is 0.798. The first-order valence-electron chi connectivity index (χ1n) is 8.61. The normalized spacial score (nSPS) is 14.1. The Balaban J connectivity index is 1.55. The summed E-state index contributed by atoms with van der Waals surface area (Å²) in [5.41, 5.74) is 7.74. The maximum Gasteiger partial charge on any atom is 0.231 e. The van der Waals surface area contributed by atoms with Crippen molar-refractivity contribution >= 4 is 32.6 Å². The number of hydrogen-bond acceptors (Lipinski definition) is 5. The Hall–Kier alpha value is -2.25. The molecule has 1 fully saturated rings. The van der Waals surface area contributed by atoms with E-state index in [1.54, 1.807) is 23.9 Å². The maximum atomic E-state index is 12.8. The van der Waals surface area contributed by atoms with Crippen molar-refractivity contribution in [3.05, 3.63) is 42.5 Å². The van der Waals surface area contributed by atoms with E-state index < -0.39 is 0 Å². The van der Waals surface area contributed by atoms with Gasteiger partial charge in [-0.2, -0.15) is 0 Å². The Morgan fingerprint density at radius 2 is 2.28 bits per heavy atom. The van der Waals surface area contributed by atoms with E-state index in [1.165, 1.54) is 0 Å². The number of fused-ring (bicyclic) bond motifs is 1. The van der Waals surface area contributed by atoms with E-state index in [-0.39, 0.29) is 11.8 Å². The minimum atomic E-state index is 0.180. The highest BCUT2D eigenvalue weighted by atomic mass is 32.1. The van der Waals surface area contributed by atoms with Crippen molar-refractivity contribution in [3.63, 3.8) is 0 Å². The lowest BCUT2D eigenvalue weighted by Gasteiger charge is -2.19. The molecular formula is C18H21N5OS. The van der Waals surface area contributed by atoms with Gasteiger partial charge in [0.25, 0.3) is 0 Å². The van der Waals surface area contributed by atoms with Gasteiger partial charge in [-0.25, -0.2) is 9.97 Å². The number of carbonyl (C=O) groups excluding carboxylic acids is 1. The fraction of sp³-hybridized carbons (Fsp3) is 0.389. The molecule has 0 atom stereocenters. The molecule has 0 aliphatic heterocycles. The van der Waals surface area contributed by atoms with Crippen LogP contribution in [0.1, 0.15) is 24.8 Å². The first kappa shape index (κ1) is 16.2. The molecule has 1 saturated carbocycles. The molecule has 2 N–H and O–H groups in total. The van der Waals surface area contributed by atoms with Crippen LogP contribution in [0.4, 0.5) is 5.13 Å². The third kappa shape index (κ3) is 3.57. The number of rotatable bonds is 7. The molecule has 1 aliphatic carbocycles. The Kier molecular flexibility index (Phi) is 4.50. The topological polar surface area (TPSA) is 77.0 Å². The van der Waals surface area contributed by atoms with E-state index in [4.69, 9.17) is 10.7 Å². The van der Waals surface area contributed by atoms with Crippen LogP contribution in [0.3, 0.4) is 0 Å². The molecule has 2 heterocycles. The van der Waals surface area contributed by atoms with Crippen LogP contribution in [0.2, 0.25) is 0 Å². The quantitative estimate of drug-likeness (QED) is 0.707. The smallest absolute Gasteiger partial charge is 0.231 e. The summed E-state index contributed by atoms with van der Waals surface area (Å²) in [6, 6.07) is 6.06. The van der Waals surface area contributed by atoms with Gasteiger partial charge >= 0.3 is 0 Å². The molecule has 6 nitrogen and oxygen atoms in total. The first-order valence-corrected chi connectivity index (χ1v) is 9.43. The number of carbonyl (C=O) groups is 1. The number of hydrogen-bond donors (Lipinski definition) is 1. The molecule has 25 heavy (non-hydrogen) atoms. The zero-order chi connectivity index (χ0) is 17.2. The SMILES string of the molecule is NCc1ccc2nc(N(CCCn3ccnc3)C(=O)C3CC3)sc2c1. The molecule has 2 aromatic heterocycles. The minimum Gasteiger partial charge on any atom is -0.337 e. The van der Waals surface area contributed by atoms with Gasteiger partial charge in [0.15, 0.2) is 5.13 Å². The first-order chi connectivity index (χ1) is 12.2. The summed E-state index contributed by atoms with van der Waals surface area (Å²) in [7, 11) is 0. The number of benzene rings is 1. The minimum absolute atomic E-state index is 0.180. The molecule has 3 aromatic rings. The van der Waals surface area contributed by atoms with Gasteiger partial charge in [0.05, 0.1) is 16.5 Å². The highest BCUT2D eigenvalue weighted by Crippen LogP contribution is 2.36.